The van der Waals surface area contributed by atoms with E-state index >= 15 is 0 Å². The molecular formula is C14H15ClF3N3. The standard InChI is InChI=1S/C14H15ClF3N3/c1-2-5-19-7-10-6-12(15)3-4-13(10)21-9-11(8-20-21)14(16,17)18/h3-4,6,8-9,19H,2,5,7H2,1H3. The third-order valence-corrected chi connectivity index (χ3v) is 3.18. The fraction of sp³-hybridized carbons (Fsp3) is 0.357. The van der Waals surface area contributed by atoms with Gasteiger partial charge in [0.15, 0.2) is 0 Å². The minimum Gasteiger partial charge on any atom is -0.313 e. The molecule has 21 heavy (non-hydrogen) atoms. The van der Waals surface area contributed by atoms with E-state index in [1.165, 1.54) is 4.68 Å². The molecule has 3 nitrogen and oxygen atoms in total. The average Bonchev–Trinajstić information content (AvgIpc) is 2.88. The van der Waals surface area contributed by atoms with Crippen LogP contribution in [0.2, 0.25) is 5.02 Å². The molecule has 0 aliphatic carbocycles. The molecule has 7 heteroatoms. The molecule has 1 aromatic heterocycles. The van der Waals surface area contributed by atoms with E-state index in [9.17, 15) is 13.2 Å². The second-order valence-electron chi connectivity index (χ2n) is 4.62. The molecule has 0 saturated heterocycles. The first-order chi connectivity index (χ1) is 9.91. The van der Waals surface area contributed by atoms with Gasteiger partial charge in [0.2, 0.25) is 0 Å². The highest BCUT2D eigenvalue weighted by Crippen LogP contribution is 2.29. The molecule has 0 atom stereocenters. The van der Waals surface area contributed by atoms with Crippen molar-refractivity contribution in [3.63, 3.8) is 0 Å². The van der Waals surface area contributed by atoms with Crippen molar-refractivity contribution in [1.29, 1.82) is 0 Å². The van der Waals surface area contributed by atoms with Crippen LogP contribution in [0, 0.1) is 0 Å². The maximum absolute atomic E-state index is 12.6. The van der Waals surface area contributed by atoms with Crippen LogP contribution in [-0.2, 0) is 12.7 Å². The molecule has 0 amide bonds. The molecule has 2 aromatic rings. The van der Waals surface area contributed by atoms with Gasteiger partial charge in [0.1, 0.15) is 0 Å². The summed E-state index contributed by atoms with van der Waals surface area (Å²) < 4.78 is 39.2. The quantitative estimate of drug-likeness (QED) is 0.843. The normalized spacial score (nSPS) is 11.9. The van der Waals surface area contributed by atoms with E-state index in [1.807, 2.05) is 6.92 Å². The Morgan fingerprint density at radius 3 is 2.71 bits per heavy atom. The van der Waals surface area contributed by atoms with E-state index in [0.29, 0.717) is 17.3 Å². The molecule has 0 unspecified atom stereocenters. The Hall–Kier alpha value is -1.53. The van der Waals surface area contributed by atoms with E-state index in [-0.39, 0.29) is 0 Å². The highest BCUT2D eigenvalue weighted by atomic mass is 35.5. The van der Waals surface area contributed by atoms with Crippen LogP contribution < -0.4 is 5.32 Å². The summed E-state index contributed by atoms with van der Waals surface area (Å²) in [6, 6.07) is 5.03. The molecule has 0 bridgehead atoms. The topological polar surface area (TPSA) is 29.9 Å². The monoisotopic (exact) mass is 317 g/mol. The fourth-order valence-corrected chi connectivity index (χ4v) is 2.11. The molecule has 0 fully saturated rings. The molecule has 0 aliphatic rings. The Kier molecular flexibility index (Phi) is 4.90. The van der Waals surface area contributed by atoms with Crippen LogP contribution in [0.25, 0.3) is 5.69 Å². The largest absolute Gasteiger partial charge is 0.419 e. The summed E-state index contributed by atoms with van der Waals surface area (Å²) in [4.78, 5) is 0. The Morgan fingerprint density at radius 1 is 1.33 bits per heavy atom. The van der Waals surface area contributed by atoms with Crippen LogP contribution in [0.4, 0.5) is 13.2 Å². The Morgan fingerprint density at radius 2 is 2.10 bits per heavy atom. The van der Waals surface area contributed by atoms with Crippen molar-refractivity contribution in [2.45, 2.75) is 26.1 Å². The lowest BCUT2D eigenvalue weighted by molar-refractivity contribution is -0.137. The number of alkyl halides is 3. The zero-order valence-corrected chi connectivity index (χ0v) is 12.2. The number of nitrogens with zero attached hydrogens (tertiary/aromatic N) is 2. The lowest BCUT2D eigenvalue weighted by Crippen LogP contribution is -2.15. The summed E-state index contributed by atoms with van der Waals surface area (Å²) in [6.07, 6.45) is -1.63. The van der Waals surface area contributed by atoms with Crippen LogP contribution in [0.5, 0.6) is 0 Å². The smallest absolute Gasteiger partial charge is 0.313 e. The molecule has 0 aliphatic heterocycles. The Labute approximate surface area is 125 Å². The number of benzene rings is 1. The number of rotatable bonds is 5. The molecular weight excluding hydrogens is 303 g/mol. The lowest BCUT2D eigenvalue weighted by Gasteiger charge is -2.11. The van der Waals surface area contributed by atoms with E-state index in [0.717, 1.165) is 30.9 Å². The summed E-state index contributed by atoms with van der Waals surface area (Å²) >= 11 is 5.96. The molecule has 1 N–H and O–H groups in total. The van der Waals surface area contributed by atoms with Crippen molar-refractivity contribution in [3.05, 3.63) is 46.7 Å². The Bertz CT molecular complexity index is 608. The molecule has 0 spiro atoms. The van der Waals surface area contributed by atoms with Crippen molar-refractivity contribution < 1.29 is 13.2 Å². The summed E-state index contributed by atoms with van der Waals surface area (Å²) in [7, 11) is 0. The van der Waals surface area contributed by atoms with Crippen molar-refractivity contribution in [2.24, 2.45) is 0 Å². The molecule has 0 radical (unpaired) electrons. The van der Waals surface area contributed by atoms with Crippen LogP contribution >= 0.6 is 11.6 Å². The first-order valence-corrected chi connectivity index (χ1v) is 6.91. The van der Waals surface area contributed by atoms with Gasteiger partial charge in [-0.25, -0.2) is 4.68 Å². The lowest BCUT2D eigenvalue weighted by atomic mass is 10.1. The first-order valence-electron chi connectivity index (χ1n) is 6.53. The van der Waals surface area contributed by atoms with Gasteiger partial charge in [-0.2, -0.15) is 18.3 Å². The van der Waals surface area contributed by atoms with Gasteiger partial charge in [0.25, 0.3) is 0 Å². The number of hydrogen-bond donors (Lipinski definition) is 1. The van der Waals surface area contributed by atoms with Gasteiger partial charge in [-0.15, -0.1) is 0 Å². The Balaban J connectivity index is 2.32. The van der Waals surface area contributed by atoms with Gasteiger partial charge in [0, 0.05) is 17.8 Å². The van der Waals surface area contributed by atoms with Gasteiger partial charge in [-0.1, -0.05) is 18.5 Å². The zero-order chi connectivity index (χ0) is 15.5. The predicted molar refractivity (Wildman–Crippen MR) is 75.6 cm³/mol. The number of aromatic nitrogens is 2. The second kappa shape index (κ2) is 6.49. The van der Waals surface area contributed by atoms with Gasteiger partial charge in [-0.05, 0) is 36.7 Å². The minimum atomic E-state index is -4.40. The summed E-state index contributed by atoms with van der Waals surface area (Å²) in [5.74, 6) is 0. The summed E-state index contributed by atoms with van der Waals surface area (Å²) in [5, 5.41) is 7.54. The molecule has 114 valence electrons. The highest BCUT2D eigenvalue weighted by molar-refractivity contribution is 6.30. The third kappa shape index (κ3) is 3.98. The molecule has 1 aromatic carbocycles. The maximum atomic E-state index is 12.6. The van der Waals surface area contributed by atoms with Crippen molar-refractivity contribution in [1.82, 2.24) is 15.1 Å². The van der Waals surface area contributed by atoms with Crippen molar-refractivity contribution >= 4 is 11.6 Å². The number of hydrogen-bond acceptors (Lipinski definition) is 2. The van der Waals surface area contributed by atoms with Gasteiger partial charge >= 0.3 is 6.18 Å². The SMILES string of the molecule is CCCNCc1cc(Cl)ccc1-n1cc(C(F)(F)F)cn1. The minimum absolute atomic E-state index is 0.519. The average molecular weight is 318 g/mol. The van der Waals surface area contributed by atoms with Crippen LogP contribution in [0.1, 0.15) is 24.5 Å². The van der Waals surface area contributed by atoms with E-state index in [1.54, 1.807) is 18.2 Å². The molecule has 2 rings (SSSR count). The van der Waals surface area contributed by atoms with Gasteiger partial charge in [-0.3, -0.25) is 0 Å². The second-order valence-corrected chi connectivity index (χ2v) is 5.06. The van der Waals surface area contributed by atoms with Crippen molar-refractivity contribution in [3.8, 4) is 5.69 Å². The molecule has 0 saturated carbocycles. The van der Waals surface area contributed by atoms with Crippen LogP contribution in [-0.4, -0.2) is 16.3 Å². The first kappa shape index (κ1) is 15.9. The predicted octanol–water partition coefficient (Wildman–Crippen LogP) is 4.04. The zero-order valence-electron chi connectivity index (χ0n) is 11.4. The summed E-state index contributed by atoms with van der Waals surface area (Å²) in [5.41, 5.74) is 0.608. The summed E-state index contributed by atoms with van der Waals surface area (Å²) in [6.45, 7) is 3.37. The third-order valence-electron chi connectivity index (χ3n) is 2.94. The van der Waals surface area contributed by atoms with Gasteiger partial charge in [0.05, 0.1) is 17.4 Å². The number of nitrogens with one attached hydrogen (secondary N) is 1. The molecule has 1 heterocycles. The number of halogens is 4. The van der Waals surface area contributed by atoms with E-state index in [4.69, 9.17) is 11.6 Å². The van der Waals surface area contributed by atoms with Crippen LogP contribution in [0.15, 0.2) is 30.6 Å². The van der Waals surface area contributed by atoms with E-state index < -0.39 is 11.7 Å². The maximum Gasteiger partial charge on any atom is 0.419 e. The van der Waals surface area contributed by atoms with Crippen LogP contribution in [0.3, 0.4) is 0 Å². The van der Waals surface area contributed by atoms with Crippen molar-refractivity contribution in [2.75, 3.05) is 6.54 Å². The fourth-order valence-electron chi connectivity index (χ4n) is 1.92. The van der Waals surface area contributed by atoms with Gasteiger partial charge < -0.3 is 5.32 Å². The highest BCUT2D eigenvalue weighted by Gasteiger charge is 2.32. The van der Waals surface area contributed by atoms with E-state index in [2.05, 4.69) is 10.4 Å².